The van der Waals surface area contributed by atoms with Crippen LogP contribution in [0.5, 0.6) is 11.5 Å². The van der Waals surface area contributed by atoms with Gasteiger partial charge in [0.2, 0.25) is 5.91 Å². The first-order valence-corrected chi connectivity index (χ1v) is 13.2. The van der Waals surface area contributed by atoms with E-state index in [0.29, 0.717) is 31.2 Å². The van der Waals surface area contributed by atoms with Crippen LogP contribution >= 0.6 is 0 Å². The Labute approximate surface area is 223 Å². The summed E-state index contributed by atoms with van der Waals surface area (Å²) in [7, 11) is 1.61. The van der Waals surface area contributed by atoms with Crippen LogP contribution in [0.2, 0.25) is 0 Å². The number of para-hydroxylation sites is 1. The third-order valence-corrected chi connectivity index (χ3v) is 6.75. The third kappa shape index (κ3) is 6.14. The molecule has 194 valence electrons. The Morgan fingerprint density at radius 2 is 1.76 bits per heavy atom. The van der Waals surface area contributed by atoms with Gasteiger partial charge in [-0.05, 0) is 66.6 Å². The van der Waals surface area contributed by atoms with Crippen molar-refractivity contribution in [2.45, 2.75) is 32.3 Å². The number of amides is 1. The van der Waals surface area contributed by atoms with Gasteiger partial charge in [-0.15, -0.1) is 0 Å². The molecule has 38 heavy (non-hydrogen) atoms. The van der Waals surface area contributed by atoms with Gasteiger partial charge in [0.15, 0.2) is 11.5 Å². The highest BCUT2D eigenvalue weighted by Crippen LogP contribution is 2.33. The Morgan fingerprint density at radius 3 is 2.63 bits per heavy atom. The molecule has 6 nitrogen and oxygen atoms in total. The molecule has 1 aromatic heterocycles. The minimum atomic E-state index is -0.142. The van der Waals surface area contributed by atoms with Gasteiger partial charge in [-0.2, -0.15) is 0 Å². The highest BCUT2D eigenvalue weighted by Gasteiger charge is 2.17. The lowest BCUT2D eigenvalue weighted by Gasteiger charge is -2.21. The number of ether oxygens (including phenoxy) is 2. The molecule has 1 aliphatic carbocycles. The van der Waals surface area contributed by atoms with Gasteiger partial charge in [-0.3, -0.25) is 9.78 Å². The summed E-state index contributed by atoms with van der Waals surface area (Å²) in [5.74, 6) is 1.15. The summed E-state index contributed by atoms with van der Waals surface area (Å²) in [5, 5.41) is 7.69. The van der Waals surface area contributed by atoms with Crippen molar-refractivity contribution < 1.29 is 14.3 Å². The van der Waals surface area contributed by atoms with Crippen molar-refractivity contribution in [2.75, 3.05) is 25.5 Å². The predicted molar refractivity (Wildman–Crippen MR) is 153 cm³/mol. The van der Waals surface area contributed by atoms with Crippen molar-refractivity contribution in [3.63, 3.8) is 0 Å². The van der Waals surface area contributed by atoms with E-state index < -0.39 is 0 Å². The number of carbonyl (C=O) groups is 1. The maximum absolute atomic E-state index is 12.5. The van der Waals surface area contributed by atoms with Crippen LogP contribution in [0.1, 0.15) is 35.2 Å². The molecular weight excluding hydrogens is 474 g/mol. The van der Waals surface area contributed by atoms with Crippen LogP contribution in [0, 0.1) is 0 Å². The van der Waals surface area contributed by atoms with Crippen LogP contribution in [0.3, 0.4) is 0 Å². The quantitative estimate of drug-likeness (QED) is 0.205. The van der Waals surface area contributed by atoms with Crippen LogP contribution in [0.25, 0.3) is 17.0 Å². The number of carbonyl (C=O) groups excluding carboxylic acids is 1. The number of methoxy groups -OCH3 is 1. The van der Waals surface area contributed by atoms with Gasteiger partial charge < -0.3 is 20.1 Å². The number of benzene rings is 3. The van der Waals surface area contributed by atoms with Crippen molar-refractivity contribution in [3.05, 3.63) is 101 Å². The van der Waals surface area contributed by atoms with E-state index in [9.17, 15) is 4.79 Å². The first kappa shape index (κ1) is 25.3. The fourth-order valence-corrected chi connectivity index (χ4v) is 4.82. The lowest BCUT2D eigenvalue weighted by molar-refractivity contribution is -0.116. The summed E-state index contributed by atoms with van der Waals surface area (Å²) in [4.78, 5) is 17.4. The van der Waals surface area contributed by atoms with Gasteiger partial charge >= 0.3 is 0 Å². The molecular formula is C32H33N3O3. The second-order valence-corrected chi connectivity index (χ2v) is 9.37. The maximum atomic E-state index is 12.5. The van der Waals surface area contributed by atoms with Gasteiger partial charge in [-0.1, -0.05) is 54.6 Å². The number of hydrogen-bond acceptors (Lipinski definition) is 5. The zero-order chi connectivity index (χ0) is 26.2. The van der Waals surface area contributed by atoms with Crippen LogP contribution in [-0.4, -0.2) is 31.1 Å². The minimum Gasteiger partial charge on any atom is -0.493 e. The Hall–Kier alpha value is -4.32. The van der Waals surface area contributed by atoms with E-state index >= 15 is 0 Å². The lowest BCUT2D eigenvalue weighted by atomic mass is 9.92. The van der Waals surface area contributed by atoms with Crippen molar-refractivity contribution in [1.29, 1.82) is 0 Å². The summed E-state index contributed by atoms with van der Waals surface area (Å²) in [6, 6.07) is 23.9. The SMILES string of the molecule is COc1cc(/C=C/C(=O)NCCNc2c3c(nc4ccccc24)CCCC3)ccc1OCc1ccccc1. The molecule has 0 saturated heterocycles. The van der Waals surface area contributed by atoms with Gasteiger partial charge in [-0.25, -0.2) is 0 Å². The summed E-state index contributed by atoms with van der Waals surface area (Å²) in [6.45, 7) is 1.62. The maximum Gasteiger partial charge on any atom is 0.244 e. The van der Waals surface area contributed by atoms with Crippen LogP contribution < -0.4 is 20.1 Å². The molecule has 0 saturated carbocycles. The number of anilines is 1. The van der Waals surface area contributed by atoms with Crippen molar-refractivity contribution >= 4 is 28.6 Å². The van der Waals surface area contributed by atoms with E-state index in [4.69, 9.17) is 14.5 Å². The molecule has 0 aliphatic heterocycles. The van der Waals surface area contributed by atoms with Crippen molar-refractivity contribution in [1.82, 2.24) is 10.3 Å². The van der Waals surface area contributed by atoms with Gasteiger partial charge in [0.05, 0.1) is 12.6 Å². The Balaban J connectivity index is 1.15. The number of fused-ring (bicyclic) bond motifs is 2. The average Bonchev–Trinajstić information content (AvgIpc) is 2.97. The van der Waals surface area contributed by atoms with E-state index in [1.54, 1.807) is 19.3 Å². The zero-order valence-corrected chi connectivity index (χ0v) is 21.7. The van der Waals surface area contributed by atoms with E-state index in [2.05, 4.69) is 22.8 Å². The number of nitrogens with one attached hydrogen (secondary N) is 2. The van der Waals surface area contributed by atoms with Crippen LogP contribution in [0.15, 0.2) is 78.9 Å². The normalized spacial score (nSPS) is 12.8. The Kier molecular flexibility index (Phi) is 8.19. The summed E-state index contributed by atoms with van der Waals surface area (Å²) >= 11 is 0. The summed E-state index contributed by atoms with van der Waals surface area (Å²) < 4.78 is 11.4. The molecule has 6 heteroatoms. The molecule has 0 unspecified atom stereocenters. The van der Waals surface area contributed by atoms with E-state index in [0.717, 1.165) is 40.6 Å². The van der Waals surface area contributed by atoms with E-state index in [-0.39, 0.29) is 5.91 Å². The Bertz CT molecular complexity index is 1430. The second-order valence-electron chi connectivity index (χ2n) is 9.37. The van der Waals surface area contributed by atoms with Crippen molar-refractivity contribution in [2.24, 2.45) is 0 Å². The molecule has 0 bridgehead atoms. The fraction of sp³-hybridized carbons (Fsp3) is 0.250. The van der Waals surface area contributed by atoms with Gasteiger partial charge in [0.1, 0.15) is 6.61 Å². The lowest BCUT2D eigenvalue weighted by Crippen LogP contribution is -2.27. The number of hydrogen-bond donors (Lipinski definition) is 2. The third-order valence-electron chi connectivity index (χ3n) is 6.75. The summed E-state index contributed by atoms with van der Waals surface area (Å²) in [5.41, 5.74) is 6.66. The predicted octanol–water partition coefficient (Wildman–Crippen LogP) is 5.94. The highest BCUT2D eigenvalue weighted by atomic mass is 16.5. The molecule has 4 aromatic rings. The standard InChI is InChI=1S/C32H33N3O3/c1-37-30-21-23(15-17-29(30)38-22-24-9-3-2-4-10-24)16-18-31(36)33-19-20-34-32-25-11-5-7-13-27(25)35-28-14-8-6-12-26(28)32/h2-5,7,9-11,13,15-18,21H,6,8,12,14,19-20,22H2,1H3,(H,33,36)(H,34,35)/b18-16+. The molecule has 2 N–H and O–H groups in total. The molecule has 1 aliphatic rings. The topological polar surface area (TPSA) is 72.5 Å². The molecule has 0 spiro atoms. The fourth-order valence-electron chi connectivity index (χ4n) is 4.82. The molecule has 0 atom stereocenters. The number of aromatic nitrogens is 1. The van der Waals surface area contributed by atoms with Gasteiger partial charge in [0.25, 0.3) is 0 Å². The Morgan fingerprint density at radius 1 is 0.947 bits per heavy atom. The largest absolute Gasteiger partial charge is 0.493 e. The first-order valence-electron chi connectivity index (χ1n) is 13.2. The smallest absolute Gasteiger partial charge is 0.244 e. The molecule has 0 radical (unpaired) electrons. The number of aryl methyl sites for hydroxylation is 1. The molecule has 0 fully saturated rings. The minimum absolute atomic E-state index is 0.142. The molecule has 1 heterocycles. The molecule has 3 aromatic carbocycles. The number of nitrogens with zero attached hydrogens (tertiary/aromatic N) is 1. The summed E-state index contributed by atoms with van der Waals surface area (Å²) in [6.07, 6.45) is 7.77. The highest BCUT2D eigenvalue weighted by molar-refractivity contribution is 5.94. The number of rotatable bonds is 10. The van der Waals surface area contributed by atoms with Gasteiger partial charge in [0, 0.05) is 35.9 Å². The van der Waals surface area contributed by atoms with Crippen LogP contribution in [0.4, 0.5) is 5.69 Å². The second kappa shape index (κ2) is 12.3. The first-order chi connectivity index (χ1) is 18.7. The van der Waals surface area contributed by atoms with Crippen molar-refractivity contribution in [3.8, 4) is 11.5 Å². The van der Waals surface area contributed by atoms with E-state index in [1.807, 2.05) is 60.7 Å². The van der Waals surface area contributed by atoms with Crippen LogP contribution in [-0.2, 0) is 24.2 Å². The molecule has 5 rings (SSSR count). The monoisotopic (exact) mass is 507 g/mol. The number of pyridine rings is 1. The molecule has 1 amide bonds. The average molecular weight is 508 g/mol. The van der Waals surface area contributed by atoms with E-state index in [1.165, 1.54) is 24.1 Å². The zero-order valence-electron chi connectivity index (χ0n) is 21.7.